The second-order valence-corrected chi connectivity index (χ2v) is 11.9. The van der Waals surface area contributed by atoms with Gasteiger partial charge in [0.15, 0.2) is 0 Å². The highest BCUT2D eigenvalue weighted by Crippen LogP contribution is 2.37. The predicted octanol–water partition coefficient (Wildman–Crippen LogP) is 5.71. The first kappa shape index (κ1) is 32.1. The van der Waals surface area contributed by atoms with Crippen LogP contribution in [0.15, 0.2) is 71.1 Å². The Bertz CT molecular complexity index is 1660. The molecule has 4 aromatic rings. The van der Waals surface area contributed by atoms with E-state index in [0.717, 1.165) is 27.5 Å². The number of hydrogen-bond acceptors (Lipinski definition) is 9. The Morgan fingerprint density at radius 1 is 0.778 bits per heavy atom. The van der Waals surface area contributed by atoms with Crippen molar-refractivity contribution in [2.45, 2.75) is 71.9 Å². The molecule has 1 aliphatic heterocycles. The summed E-state index contributed by atoms with van der Waals surface area (Å²) < 4.78 is 41.5. The molecular weight excluding hydrogens is 575 g/mol. The maximum absolute atomic E-state index is 12.1. The number of benzene rings is 3. The van der Waals surface area contributed by atoms with Gasteiger partial charge in [0.2, 0.25) is 0 Å². The molecule has 0 spiro atoms. The van der Waals surface area contributed by atoms with Crippen LogP contribution in [0.3, 0.4) is 0 Å². The van der Waals surface area contributed by atoms with Crippen LogP contribution in [0.5, 0.6) is 11.5 Å². The lowest BCUT2D eigenvalue weighted by atomic mass is 9.77. The molecule has 0 amide bonds. The topological polar surface area (TPSA) is 103 Å². The second kappa shape index (κ2) is 13.4. The molecule has 0 aliphatic carbocycles. The van der Waals surface area contributed by atoms with Crippen molar-refractivity contribution in [1.82, 2.24) is 0 Å². The smallest absolute Gasteiger partial charge is 0.489 e. The summed E-state index contributed by atoms with van der Waals surface area (Å²) in [5.41, 5.74) is 2.60. The van der Waals surface area contributed by atoms with E-state index in [-0.39, 0.29) is 38.0 Å². The van der Waals surface area contributed by atoms with Gasteiger partial charge in [-0.2, -0.15) is 0 Å². The minimum absolute atomic E-state index is 0.110. The van der Waals surface area contributed by atoms with Gasteiger partial charge in [0, 0.05) is 22.0 Å². The number of furan rings is 1. The number of para-hydroxylation sites is 2. The van der Waals surface area contributed by atoms with E-state index in [2.05, 4.69) is 0 Å². The Labute approximate surface area is 263 Å². The molecule has 0 N–H and O–H groups in total. The van der Waals surface area contributed by atoms with Crippen molar-refractivity contribution < 1.29 is 42.3 Å². The molecule has 0 atom stereocenters. The molecule has 0 bridgehead atoms. The van der Waals surface area contributed by atoms with E-state index in [4.69, 9.17) is 32.7 Å². The first-order valence-corrected chi connectivity index (χ1v) is 15.0. The number of carbonyl (C=O) groups excluding carboxylic acids is 2. The first-order valence-electron chi connectivity index (χ1n) is 15.0. The second-order valence-electron chi connectivity index (χ2n) is 11.9. The number of ether oxygens (including phenoxy) is 4. The van der Waals surface area contributed by atoms with Crippen LogP contribution >= 0.6 is 0 Å². The average Bonchev–Trinajstić information content (AvgIpc) is 3.51. The van der Waals surface area contributed by atoms with Crippen LogP contribution < -0.4 is 14.9 Å². The molecular formula is C35H39BO9. The Hall–Kier alpha value is -4.28. The number of methoxy groups -OCH3 is 1. The zero-order valence-electron chi connectivity index (χ0n) is 26.6. The fourth-order valence-electron chi connectivity index (χ4n) is 5.08. The zero-order chi connectivity index (χ0) is 32.2. The minimum Gasteiger partial charge on any atom is -0.489 e. The maximum Gasteiger partial charge on any atom is 0.498 e. The van der Waals surface area contributed by atoms with Gasteiger partial charge in [-0.25, -0.2) is 0 Å². The van der Waals surface area contributed by atoms with E-state index >= 15 is 0 Å². The summed E-state index contributed by atoms with van der Waals surface area (Å²) in [4.78, 5) is 24.1. The van der Waals surface area contributed by atoms with Gasteiger partial charge >= 0.3 is 19.1 Å². The molecule has 3 aromatic carbocycles. The van der Waals surface area contributed by atoms with Crippen LogP contribution in [-0.2, 0) is 54.4 Å². The van der Waals surface area contributed by atoms with Crippen LogP contribution in [0.1, 0.15) is 57.1 Å². The third kappa shape index (κ3) is 7.35. The van der Waals surface area contributed by atoms with Gasteiger partial charge in [-0.1, -0.05) is 42.5 Å². The highest BCUT2D eigenvalue weighted by Gasteiger charge is 2.52. The van der Waals surface area contributed by atoms with Crippen molar-refractivity contribution in [3.8, 4) is 11.5 Å². The normalized spacial score (nSPS) is 15.2. The van der Waals surface area contributed by atoms with E-state index in [1.165, 1.54) is 7.11 Å². The summed E-state index contributed by atoms with van der Waals surface area (Å²) in [7, 11) is 0.694. The predicted molar refractivity (Wildman–Crippen MR) is 170 cm³/mol. The van der Waals surface area contributed by atoms with Gasteiger partial charge in [0.1, 0.15) is 36.1 Å². The Balaban J connectivity index is 1.43. The lowest BCUT2D eigenvalue weighted by molar-refractivity contribution is -0.142. The fourth-order valence-corrected chi connectivity index (χ4v) is 5.08. The third-order valence-corrected chi connectivity index (χ3v) is 8.18. The monoisotopic (exact) mass is 614 g/mol. The molecule has 45 heavy (non-hydrogen) atoms. The lowest BCUT2D eigenvalue weighted by Gasteiger charge is -2.32. The fraction of sp³-hybridized carbons (Fsp3) is 0.371. The largest absolute Gasteiger partial charge is 0.498 e. The van der Waals surface area contributed by atoms with Gasteiger partial charge < -0.3 is 32.7 Å². The van der Waals surface area contributed by atoms with Gasteiger partial charge in [-0.15, -0.1) is 0 Å². The van der Waals surface area contributed by atoms with Crippen LogP contribution in [0.25, 0.3) is 11.0 Å². The average molecular weight is 615 g/mol. The standard InChI is InChI=1S/C35H39BO9/c1-7-40-32(38)20-25-13-9-11-15-30(25)42-22-27-18-26-16-23(21-41-29-14-10-8-12-24(29)19-31(37)39-6)17-28(33(26)43-27)36-44-34(2,3)35(4,5)45-36/h8-18H,7,19-22H2,1-6H3. The van der Waals surface area contributed by atoms with Crippen LogP contribution in [0.2, 0.25) is 0 Å². The van der Waals surface area contributed by atoms with E-state index in [1.54, 1.807) is 6.92 Å². The number of fused-ring (bicyclic) bond motifs is 1. The zero-order valence-corrected chi connectivity index (χ0v) is 26.6. The van der Waals surface area contributed by atoms with Crippen molar-refractivity contribution >= 4 is 35.5 Å². The van der Waals surface area contributed by atoms with Crippen molar-refractivity contribution in [2.75, 3.05) is 13.7 Å². The number of hydrogen-bond donors (Lipinski definition) is 0. The van der Waals surface area contributed by atoms with Gasteiger partial charge in [0.05, 0.1) is 37.8 Å². The number of rotatable bonds is 12. The molecule has 2 heterocycles. The molecule has 9 nitrogen and oxygen atoms in total. The van der Waals surface area contributed by atoms with E-state index < -0.39 is 18.3 Å². The molecule has 0 radical (unpaired) electrons. The molecule has 1 saturated heterocycles. The molecule has 1 aliphatic rings. The van der Waals surface area contributed by atoms with Gasteiger partial charge in [0.25, 0.3) is 0 Å². The van der Waals surface area contributed by atoms with E-state index in [9.17, 15) is 9.59 Å². The quantitative estimate of drug-likeness (QED) is 0.147. The molecule has 10 heteroatoms. The number of esters is 2. The van der Waals surface area contributed by atoms with Crippen LogP contribution in [0.4, 0.5) is 0 Å². The highest BCUT2D eigenvalue weighted by atomic mass is 16.7. The Morgan fingerprint density at radius 3 is 1.96 bits per heavy atom. The van der Waals surface area contributed by atoms with E-state index in [0.29, 0.717) is 29.4 Å². The SMILES string of the molecule is CCOC(=O)Cc1ccccc1OCc1cc2cc(COc3ccccc3CC(=O)OC)cc(B3OC(C)(C)C(C)(C)O3)c2o1. The van der Waals surface area contributed by atoms with Crippen molar-refractivity contribution in [1.29, 1.82) is 0 Å². The summed E-state index contributed by atoms with van der Waals surface area (Å²) in [6.45, 7) is 10.5. The van der Waals surface area contributed by atoms with Gasteiger partial charge in [-0.05, 0) is 64.4 Å². The molecule has 5 rings (SSSR count). The molecule has 236 valence electrons. The van der Waals surface area contributed by atoms with Crippen molar-refractivity contribution in [3.05, 3.63) is 89.2 Å². The summed E-state index contributed by atoms with van der Waals surface area (Å²) in [5.74, 6) is 1.12. The third-order valence-electron chi connectivity index (χ3n) is 8.18. The van der Waals surface area contributed by atoms with Crippen LogP contribution in [0, 0.1) is 0 Å². The Morgan fingerprint density at radius 2 is 1.36 bits per heavy atom. The lowest BCUT2D eigenvalue weighted by Crippen LogP contribution is -2.41. The van der Waals surface area contributed by atoms with Crippen molar-refractivity contribution in [2.24, 2.45) is 0 Å². The summed E-state index contributed by atoms with van der Waals surface area (Å²) in [5, 5.41) is 0.835. The van der Waals surface area contributed by atoms with Gasteiger partial charge in [-0.3, -0.25) is 9.59 Å². The number of carbonyl (C=O) groups is 2. The molecule has 1 fully saturated rings. The first-order chi connectivity index (χ1) is 21.5. The molecule has 0 unspecified atom stereocenters. The summed E-state index contributed by atoms with van der Waals surface area (Å²) in [6.07, 6.45) is 0.223. The summed E-state index contributed by atoms with van der Waals surface area (Å²) in [6, 6.07) is 20.7. The molecule has 0 saturated carbocycles. The maximum atomic E-state index is 12.1. The molecule has 1 aromatic heterocycles. The van der Waals surface area contributed by atoms with E-state index in [1.807, 2.05) is 94.4 Å². The minimum atomic E-state index is -0.672. The Kier molecular flexibility index (Phi) is 9.55. The highest BCUT2D eigenvalue weighted by molar-refractivity contribution is 6.64. The van der Waals surface area contributed by atoms with Crippen molar-refractivity contribution in [3.63, 3.8) is 0 Å². The summed E-state index contributed by atoms with van der Waals surface area (Å²) >= 11 is 0. The van der Waals surface area contributed by atoms with Crippen LogP contribution in [-0.4, -0.2) is 44.0 Å².